The normalized spacial score (nSPS) is 11.7. The number of hydrogen-bond donors (Lipinski definition) is 2. The van der Waals surface area contributed by atoms with Gasteiger partial charge in [-0.2, -0.15) is 14.9 Å². The largest absolute Gasteiger partial charge is 0.389 e. The second-order valence-corrected chi connectivity index (χ2v) is 7.45. The molecule has 0 fully saturated rings. The highest BCUT2D eigenvalue weighted by atomic mass is 19.3. The number of hydrogen-bond acceptors (Lipinski definition) is 5. The van der Waals surface area contributed by atoms with Crippen LogP contribution >= 0.6 is 0 Å². The first-order valence-electron chi connectivity index (χ1n) is 9.07. The highest BCUT2D eigenvalue weighted by Gasteiger charge is 2.21. The molecule has 10 heteroatoms. The number of aromatic nitrogens is 4. The minimum Gasteiger partial charge on any atom is -0.389 e. The highest BCUT2D eigenvalue weighted by molar-refractivity contribution is 5.94. The van der Waals surface area contributed by atoms with Crippen LogP contribution in [-0.2, 0) is 7.05 Å². The van der Waals surface area contributed by atoms with E-state index in [0.717, 1.165) is 4.68 Å². The number of aryl methyl sites for hydroxylation is 1. The van der Waals surface area contributed by atoms with E-state index in [2.05, 4.69) is 15.5 Å². The minimum atomic E-state index is -2.61. The van der Waals surface area contributed by atoms with Gasteiger partial charge in [0, 0.05) is 24.7 Å². The Kier molecular flexibility index (Phi) is 5.79. The van der Waals surface area contributed by atoms with Crippen molar-refractivity contribution >= 4 is 5.91 Å². The van der Waals surface area contributed by atoms with Gasteiger partial charge in [0.05, 0.1) is 23.7 Å². The monoisotopic (exact) mass is 417 g/mol. The number of amides is 1. The number of aliphatic hydroxyl groups is 1. The number of benzene rings is 1. The van der Waals surface area contributed by atoms with E-state index in [1.165, 1.54) is 55.1 Å². The van der Waals surface area contributed by atoms with Gasteiger partial charge in [-0.05, 0) is 19.9 Å². The smallest absolute Gasteiger partial charge is 0.284 e. The fourth-order valence-corrected chi connectivity index (χ4v) is 2.68. The van der Waals surface area contributed by atoms with Crippen LogP contribution in [0, 0.1) is 0 Å². The van der Waals surface area contributed by atoms with Crippen LogP contribution < -0.4 is 10.9 Å². The van der Waals surface area contributed by atoms with Gasteiger partial charge in [-0.1, -0.05) is 24.3 Å². The average molecular weight is 417 g/mol. The molecule has 8 nitrogen and oxygen atoms in total. The summed E-state index contributed by atoms with van der Waals surface area (Å²) in [5, 5.41) is 20.7. The van der Waals surface area contributed by atoms with Crippen molar-refractivity contribution in [2.45, 2.75) is 25.9 Å². The van der Waals surface area contributed by atoms with E-state index in [4.69, 9.17) is 0 Å². The lowest BCUT2D eigenvalue weighted by Gasteiger charge is -2.17. The number of carbonyl (C=O) groups is 1. The van der Waals surface area contributed by atoms with E-state index >= 15 is 0 Å². The van der Waals surface area contributed by atoms with Crippen molar-refractivity contribution in [1.29, 1.82) is 0 Å². The first kappa shape index (κ1) is 21.3. The molecular formula is C20H21F2N5O3. The van der Waals surface area contributed by atoms with Crippen LogP contribution in [0.4, 0.5) is 8.78 Å². The van der Waals surface area contributed by atoms with Gasteiger partial charge in [0.1, 0.15) is 11.3 Å². The topological polar surface area (TPSA) is 102 Å². The lowest BCUT2D eigenvalue weighted by atomic mass is 10.1. The maximum Gasteiger partial charge on any atom is 0.284 e. The second-order valence-electron chi connectivity index (χ2n) is 7.45. The molecule has 0 unspecified atom stereocenters. The quantitative estimate of drug-likeness (QED) is 0.639. The van der Waals surface area contributed by atoms with Crippen LogP contribution in [0.5, 0.6) is 0 Å². The Labute approximate surface area is 170 Å². The second kappa shape index (κ2) is 8.15. The molecule has 0 saturated heterocycles. The lowest BCUT2D eigenvalue weighted by molar-refractivity contribution is 0.0693. The number of halogens is 2. The molecule has 30 heavy (non-hydrogen) atoms. The van der Waals surface area contributed by atoms with Crippen LogP contribution in [0.2, 0.25) is 0 Å². The molecule has 0 aliphatic rings. The Hall–Kier alpha value is -3.40. The maximum atomic E-state index is 12.9. The van der Waals surface area contributed by atoms with E-state index in [9.17, 15) is 23.5 Å². The molecule has 158 valence electrons. The molecule has 0 radical (unpaired) electrons. The van der Waals surface area contributed by atoms with Crippen molar-refractivity contribution in [2.24, 2.45) is 7.05 Å². The molecule has 0 saturated carbocycles. The number of rotatable bonds is 6. The summed E-state index contributed by atoms with van der Waals surface area (Å²) in [5.74, 6) is -0.687. The summed E-state index contributed by atoms with van der Waals surface area (Å²) < 4.78 is 28.2. The van der Waals surface area contributed by atoms with Crippen LogP contribution in [0.15, 0.2) is 47.5 Å². The molecule has 0 bridgehead atoms. The van der Waals surface area contributed by atoms with E-state index in [1.54, 1.807) is 13.2 Å². The van der Waals surface area contributed by atoms with Gasteiger partial charge in [0.2, 0.25) is 0 Å². The van der Waals surface area contributed by atoms with Crippen molar-refractivity contribution in [3.63, 3.8) is 0 Å². The number of alkyl halides is 2. The number of nitrogens with zero attached hydrogens (tertiary/aromatic N) is 4. The summed E-state index contributed by atoms with van der Waals surface area (Å²) in [7, 11) is 1.67. The molecule has 2 aromatic heterocycles. The predicted octanol–water partition coefficient (Wildman–Crippen LogP) is 2.07. The molecule has 0 aliphatic heterocycles. The summed E-state index contributed by atoms with van der Waals surface area (Å²) in [6.45, 7) is 2.96. The third-order valence-corrected chi connectivity index (χ3v) is 4.23. The summed E-state index contributed by atoms with van der Waals surface area (Å²) in [6, 6.07) is 6.71. The number of nitrogens with one attached hydrogen (secondary N) is 1. The van der Waals surface area contributed by atoms with Crippen molar-refractivity contribution in [3.8, 4) is 16.9 Å². The molecule has 3 aromatic rings. The van der Waals surface area contributed by atoms with Crippen LogP contribution in [-0.4, -0.2) is 42.7 Å². The van der Waals surface area contributed by atoms with Gasteiger partial charge in [-0.3, -0.25) is 14.3 Å². The zero-order valence-corrected chi connectivity index (χ0v) is 16.6. The minimum absolute atomic E-state index is 0.0705. The Bertz CT molecular complexity index is 1110. The summed E-state index contributed by atoms with van der Waals surface area (Å²) in [6.07, 6.45) is 0.354. The van der Waals surface area contributed by atoms with E-state index in [1.807, 2.05) is 0 Å². The molecule has 2 heterocycles. The Morgan fingerprint density at radius 2 is 1.93 bits per heavy atom. The standard InChI is InChI=1S/C20H21F2N5O3/c1-20(2,30)11-23-18(28)15-8-16(12-4-6-13(7-5-12)17(21)22)25-27(19(15)29)14-9-24-26(3)10-14/h4-10,17,30H,11H2,1-3H3,(H,23,28). The zero-order chi connectivity index (χ0) is 22.1. The summed E-state index contributed by atoms with van der Waals surface area (Å²) in [4.78, 5) is 25.6. The first-order chi connectivity index (χ1) is 14.0. The zero-order valence-electron chi connectivity index (χ0n) is 16.6. The van der Waals surface area contributed by atoms with Crippen LogP contribution in [0.25, 0.3) is 16.9 Å². The Balaban J connectivity index is 2.10. The maximum absolute atomic E-state index is 12.9. The molecule has 0 atom stereocenters. The molecule has 0 aliphatic carbocycles. The van der Waals surface area contributed by atoms with Gasteiger partial charge >= 0.3 is 0 Å². The van der Waals surface area contributed by atoms with Gasteiger partial charge < -0.3 is 10.4 Å². The fraction of sp³-hybridized carbons (Fsp3) is 0.300. The van der Waals surface area contributed by atoms with E-state index in [0.29, 0.717) is 11.3 Å². The van der Waals surface area contributed by atoms with Gasteiger partial charge in [-0.25, -0.2) is 8.78 Å². The molecule has 1 aromatic carbocycles. The van der Waals surface area contributed by atoms with Crippen molar-refractivity contribution in [2.75, 3.05) is 6.54 Å². The van der Waals surface area contributed by atoms with Gasteiger partial charge in [0.25, 0.3) is 17.9 Å². The van der Waals surface area contributed by atoms with Gasteiger partial charge in [0.15, 0.2) is 0 Å². The van der Waals surface area contributed by atoms with Crippen molar-refractivity contribution in [3.05, 3.63) is 64.2 Å². The first-order valence-corrected chi connectivity index (χ1v) is 9.07. The van der Waals surface area contributed by atoms with Crippen molar-refractivity contribution < 1.29 is 18.7 Å². The molecule has 3 rings (SSSR count). The fourth-order valence-electron chi connectivity index (χ4n) is 2.68. The van der Waals surface area contributed by atoms with Crippen molar-refractivity contribution in [1.82, 2.24) is 24.9 Å². The average Bonchev–Trinajstić information content (AvgIpc) is 3.12. The summed E-state index contributed by atoms with van der Waals surface area (Å²) >= 11 is 0. The molecule has 0 spiro atoms. The third kappa shape index (κ3) is 4.77. The van der Waals surface area contributed by atoms with E-state index in [-0.39, 0.29) is 23.4 Å². The van der Waals surface area contributed by atoms with Crippen LogP contribution in [0.3, 0.4) is 0 Å². The molecule has 1 amide bonds. The van der Waals surface area contributed by atoms with Crippen LogP contribution in [0.1, 0.15) is 36.2 Å². The molecular weight excluding hydrogens is 396 g/mol. The summed E-state index contributed by atoms with van der Waals surface area (Å²) in [5.41, 5.74) is -1.16. The van der Waals surface area contributed by atoms with E-state index < -0.39 is 23.5 Å². The SMILES string of the molecule is Cn1cc(-n2nc(-c3ccc(C(F)F)cc3)cc(C(=O)NCC(C)(C)O)c2=O)cn1. The molecule has 2 N–H and O–H groups in total. The third-order valence-electron chi connectivity index (χ3n) is 4.23. The van der Waals surface area contributed by atoms with Gasteiger partial charge in [-0.15, -0.1) is 0 Å². The Morgan fingerprint density at radius 3 is 2.47 bits per heavy atom. The highest BCUT2D eigenvalue weighted by Crippen LogP contribution is 2.23. The predicted molar refractivity (Wildman–Crippen MR) is 106 cm³/mol. The number of carbonyl (C=O) groups excluding carboxylic acids is 1. The Morgan fingerprint density at radius 1 is 1.27 bits per heavy atom. The lowest BCUT2D eigenvalue weighted by Crippen LogP contribution is -2.41.